The van der Waals surface area contributed by atoms with Crippen molar-refractivity contribution in [3.05, 3.63) is 59.5 Å². The highest BCUT2D eigenvalue weighted by molar-refractivity contribution is 6.02. The third-order valence-corrected chi connectivity index (χ3v) is 8.02. The van der Waals surface area contributed by atoms with E-state index < -0.39 is 29.0 Å². The Bertz CT molecular complexity index is 1270. The minimum absolute atomic E-state index is 0. The number of benzene rings is 1. The van der Waals surface area contributed by atoms with E-state index in [0.29, 0.717) is 48.4 Å². The minimum Gasteiger partial charge on any atom is -0.474 e. The van der Waals surface area contributed by atoms with Crippen LogP contribution in [0.5, 0.6) is 5.88 Å². The number of ether oxygens (including phenoxy) is 2. The Hall–Kier alpha value is -3.57. The molecule has 38 heavy (non-hydrogen) atoms. The third-order valence-electron chi connectivity index (χ3n) is 8.02. The van der Waals surface area contributed by atoms with Crippen molar-refractivity contribution in [1.29, 1.82) is 5.26 Å². The number of aromatic nitrogens is 1. The fourth-order valence-electron chi connectivity index (χ4n) is 6.12. The zero-order chi connectivity index (χ0) is 27.4. The Morgan fingerprint density at radius 3 is 2.79 bits per heavy atom. The largest absolute Gasteiger partial charge is 0.474 e. The quantitative estimate of drug-likeness (QED) is 0.396. The van der Waals surface area contributed by atoms with Gasteiger partial charge in [-0.25, -0.2) is 9.37 Å². The fourth-order valence-corrected chi connectivity index (χ4v) is 6.12. The van der Waals surface area contributed by atoms with E-state index in [9.17, 15) is 14.9 Å². The van der Waals surface area contributed by atoms with E-state index in [-0.39, 0.29) is 32.1 Å². The first-order valence-electron chi connectivity index (χ1n) is 13.1. The molecule has 2 aromatic rings. The Labute approximate surface area is 224 Å². The molecule has 0 aliphatic heterocycles. The highest BCUT2D eigenvalue weighted by Crippen LogP contribution is 2.57. The molecule has 1 aromatic carbocycles. The number of carbonyl (C=O) groups is 2. The number of hydrogen-bond acceptors (Lipinski definition) is 7. The lowest BCUT2D eigenvalue weighted by atomic mass is 9.62. The molecule has 1 N–H and O–H groups in total. The van der Waals surface area contributed by atoms with Gasteiger partial charge in [-0.15, -0.1) is 0 Å². The molecule has 2 aliphatic carbocycles. The lowest BCUT2D eigenvalue weighted by Gasteiger charge is -2.44. The predicted molar refractivity (Wildman–Crippen MR) is 144 cm³/mol. The maximum Gasteiger partial charge on any atom is 0.214 e. The number of anilines is 1. The van der Waals surface area contributed by atoms with Gasteiger partial charge in [-0.1, -0.05) is 25.6 Å². The number of nitrogens with zero attached hydrogens (tertiary/aromatic N) is 2. The maximum atomic E-state index is 15.2. The molecule has 4 rings (SSSR count). The van der Waals surface area contributed by atoms with Crippen LogP contribution in [0.3, 0.4) is 0 Å². The molecule has 0 bridgehead atoms. The van der Waals surface area contributed by atoms with Gasteiger partial charge in [-0.3, -0.25) is 9.59 Å². The molecule has 202 valence electrons. The lowest BCUT2D eigenvalue weighted by molar-refractivity contribution is -0.132. The molecular weight excluding hydrogens is 485 g/mol. The molecule has 1 fully saturated rings. The van der Waals surface area contributed by atoms with Crippen LogP contribution in [0.15, 0.2) is 36.9 Å². The van der Waals surface area contributed by atoms with Gasteiger partial charge in [0.2, 0.25) is 5.88 Å². The van der Waals surface area contributed by atoms with Crippen molar-refractivity contribution in [2.24, 2.45) is 11.8 Å². The number of fused-ring (bicyclic) bond motifs is 2. The molecule has 0 amide bonds. The first-order chi connectivity index (χ1) is 18.3. The Balaban J connectivity index is 0.00000420. The molecule has 1 aromatic heterocycles. The van der Waals surface area contributed by atoms with Crippen molar-refractivity contribution in [2.75, 3.05) is 26.1 Å². The van der Waals surface area contributed by atoms with E-state index in [0.717, 1.165) is 5.69 Å². The van der Waals surface area contributed by atoms with Crippen LogP contribution in [0.1, 0.15) is 63.2 Å². The van der Waals surface area contributed by atoms with E-state index >= 15 is 4.39 Å². The van der Waals surface area contributed by atoms with Gasteiger partial charge in [0.15, 0.2) is 5.78 Å². The second-order valence-corrected chi connectivity index (χ2v) is 10.1. The van der Waals surface area contributed by atoms with Crippen LogP contribution >= 0.6 is 0 Å². The van der Waals surface area contributed by atoms with Crippen LogP contribution in [0, 0.1) is 29.0 Å². The number of nitriles is 1. The Morgan fingerprint density at radius 1 is 1.39 bits per heavy atom. The van der Waals surface area contributed by atoms with Crippen LogP contribution in [0.2, 0.25) is 0 Å². The Kier molecular flexibility index (Phi) is 8.27. The molecule has 7 nitrogen and oxygen atoms in total. The number of halogens is 1. The molecule has 2 aliphatic rings. The summed E-state index contributed by atoms with van der Waals surface area (Å²) in [5.41, 5.74) is 1.63. The second-order valence-electron chi connectivity index (χ2n) is 10.1. The van der Waals surface area contributed by atoms with Crippen molar-refractivity contribution in [1.82, 2.24) is 4.98 Å². The van der Waals surface area contributed by atoms with E-state index in [1.165, 1.54) is 13.2 Å². The van der Waals surface area contributed by atoms with E-state index in [4.69, 9.17) is 9.47 Å². The van der Waals surface area contributed by atoms with Gasteiger partial charge < -0.3 is 14.8 Å². The standard InChI is InChI=1S/C30H34FN3O4.H2/c1-5-20(18(16-32)17-37-4)26(35)12-10-22-21-8-7-9-23(31)28(21)30(29(22)36)14-19(15-30)38-27-13-11-25(33-3)24(6-2)34-27;/h6-9,11,13,18-20,22,33H,2,5,10,12,14-15,17H2,1,3-4H3;1H. The molecule has 3 unspecified atom stereocenters. The van der Waals surface area contributed by atoms with Gasteiger partial charge in [-0.05, 0) is 36.6 Å². The van der Waals surface area contributed by atoms with E-state index in [2.05, 4.69) is 22.9 Å². The van der Waals surface area contributed by atoms with Crippen LogP contribution in [0.25, 0.3) is 6.08 Å². The number of Topliss-reactive ketones (excluding diaryl/α,β-unsaturated/α-hetero) is 2. The SMILES string of the molecule is C=Cc1nc(OC2CC3(C2)C(=O)C(CCC(=O)C(CC)C(C#N)COC)c2cccc(F)c23)ccc1NC.[HH]. The summed E-state index contributed by atoms with van der Waals surface area (Å²) in [4.78, 5) is 31.3. The first-order valence-corrected chi connectivity index (χ1v) is 13.1. The van der Waals surface area contributed by atoms with Gasteiger partial charge in [0, 0.05) is 58.3 Å². The summed E-state index contributed by atoms with van der Waals surface area (Å²) in [7, 11) is 3.30. The number of hydrogen-bond donors (Lipinski definition) is 1. The number of nitrogens with one attached hydrogen (secondary N) is 1. The molecule has 0 saturated heterocycles. The maximum absolute atomic E-state index is 15.2. The van der Waals surface area contributed by atoms with Crippen molar-refractivity contribution in [3.8, 4) is 11.9 Å². The predicted octanol–water partition coefficient (Wildman–Crippen LogP) is 5.46. The highest BCUT2D eigenvalue weighted by Gasteiger charge is 2.60. The summed E-state index contributed by atoms with van der Waals surface area (Å²) in [6, 6.07) is 10.6. The minimum atomic E-state index is -0.958. The van der Waals surface area contributed by atoms with Crippen molar-refractivity contribution in [2.45, 2.75) is 56.5 Å². The van der Waals surface area contributed by atoms with Gasteiger partial charge in [0.1, 0.15) is 17.7 Å². The number of rotatable bonds is 12. The van der Waals surface area contributed by atoms with E-state index in [1.54, 1.807) is 31.3 Å². The molecule has 1 saturated carbocycles. The number of pyridine rings is 1. The van der Waals surface area contributed by atoms with Crippen LogP contribution in [0.4, 0.5) is 10.1 Å². The highest BCUT2D eigenvalue weighted by atomic mass is 19.1. The van der Waals surface area contributed by atoms with Crippen molar-refractivity contribution in [3.63, 3.8) is 0 Å². The zero-order valence-corrected chi connectivity index (χ0v) is 22.1. The smallest absolute Gasteiger partial charge is 0.214 e. The van der Waals surface area contributed by atoms with Crippen LogP contribution in [-0.2, 0) is 19.7 Å². The lowest BCUT2D eigenvalue weighted by Crippen LogP contribution is -2.51. The first kappa shape index (κ1) is 27.5. The average Bonchev–Trinajstić information content (AvgIpc) is 3.15. The molecule has 1 spiro atoms. The topological polar surface area (TPSA) is 101 Å². The summed E-state index contributed by atoms with van der Waals surface area (Å²) < 4.78 is 26.3. The van der Waals surface area contributed by atoms with Gasteiger partial charge in [0.05, 0.1) is 35.4 Å². The normalized spacial score (nSPS) is 23.2. The molecule has 8 heteroatoms. The zero-order valence-electron chi connectivity index (χ0n) is 22.1. The fraction of sp³-hybridized carbons (Fsp3) is 0.467. The third kappa shape index (κ3) is 4.83. The summed E-state index contributed by atoms with van der Waals surface area (Å²) in [6.07, 6.45) is 3.01. The summed E-state index contributed by atoms with van der Waals surface area (Å²) in [5, 5.41) is 12.5. The Morgan fingerprint density at radius 2 is 2.16 bits per heavy atom. The molecule has 0 radical (unpaired) electrons. The summed E-state index contributed by atoms with van der Waals surface area (Å²) in [6.45, 7) is 5.84. The molecular formula is C30H36FN3O4. The van der Waals surface area contributed by atoms with Crippen LogP contribution in [-0.4, -0.2) is 43.4 Å². The number of ketones is 2. The van der Waals surface area contributed by atoms with Gasteiger partial charge >= 0.3 is 0 Å². The molecule has 1 heterocycles. The second kappa shape index (κ2) is 11.4. The van der Waals surface area contributed by atoms with Gasteiger partial charge in [0.25, 0.3) is 0 Å². The summed E-state index contributed by atoms with van der Waals surface area (Å²) >= 11 is 0. The van der Waals surface area contributed by atoms with Crippen molar-refractivity contribution >= 4 is 23.3 Å². The molecule has 3 atom stereocenters. The van der Waals surface area contributed by atoms with E-state index in [1.807, 2.05) is 13.0 Å². The number of carbonyl (C=O) groups excluding carboxylic acids is 2. The average molecular weight is 522 g/mol. The van der Waals surface area contributed by atoms with Gasteiger partial charge in [-0.2, -0.15) is 5.26 Å². The monoisotopic (exact) mass is 521 g/mol. The van der Waals surface area contributed by atoms with Crippen LogP contribution < -0.4 is 10.1 Å². The summed E-state index contributed by atoms with van der Waals surface area (Å²) in [5.74, 6) is -1.65. The number of methoxy groups -OCH3 is 1. The van der Waals surface area contributed by atoms with Crippen molar-refractivity contribution < 1.29 is 24.9 Å².